The highest BCUT2D eigenvalue weighted by Gasteiger charge is 2.30. The summed E-state index contributed by atoms with van der Waals surface area (Å²) in [6, 6.07) is 6.85. The number of hydrogen-bond acceptors (Lipinski definition) is 3. The molecule has 0 aliphatic heterocycles. The molecule has 1 heterocycles. The molecule has 6 nitrogen and oxygen atoms in total. The maximum Gasteiger partial charge on any atom is 0.407 e. The topological polar surface area (TPSA) is 83.2 Å². The minimum atomic E-state index is -0.563. The van der Waals surface area contributed by atoms with E-state index in [-0.39, 0.29) is 18.0 Å². The van der Waals surface area contributed by atoms with Gasteiger partial charge < -0.3 is 20.4 Å². The van der Waals surface area contributed by atoms with Crippen LogP contribution in [-0.2, 0) is 4.74 Å². The summed E-state index contributed by atoms with van der Waals surface area (Å²) < 4.78 is 5.33. The van der Waals surface area contributed by atoms with Crippen LogP contribution in [0.2, 0.25) is 5.02 Å². The maximum atomic E-state index is 12.7. The summed E-state index contributed by atoms with van der Waals surface area (Å²) in [6.45, 7) is 5.46. The van der Waals surface area contributed by atoms with E-state index >= 15 is 0 Å². The van der Waals surface area contributed by atoms with E-state index in [0.29, 0.717) is 17.1 Å². The van der Waals surface area contributed by atoms with Gasteiger partial charge in [0, 0.05) is 22.0 Å². The van der Waals surface area contributed by atoms with Crippen LogP contribution in [0.3, 0.4) is 0 Å². The molecule has 145 valence electrons. The molecule has 7 heteroatoms. The van der Waals surface area contributed by atoms with Crippen molar-refractivity contribution in [2.45, 2.75) is 57.7 Å². The van der Waals surface area contributed by atoms with Crippen LogP contribution in [0.25, 0.3) is 10.9 Å². The van der Waals surface area contributed by atoms with Gasteiger partial charge in [0.25, 0.3) is 5.91 Å². The van der Waals surface area contributed by atoms with Crippen LogP contribution in [0.5, 0.6) is 0 Å². The number of aromatic nitrogens is 1. The summed E-state index contributed by atoms with van der Waals surface area (Å²) in [5.41, 5.74) is 0.759. The standard InChI is InChI=1S/C20H25ClN3O3/c1-20(2,3)27-19(26)24-16-7-5-4-6-15(16)23-18(25)17-11-12-10-13(21)8-9-14(12)22-17/h5,8-11,15-16,22H,4,6-7H2,1-3H3,(H,23,25)(H,24,26). The van der Waals surface area contributed by atoms with Crippen molar-refractivity contribution >= 4 is 34.5 Å². The minimum Gasteiger partial charge on any atom is -0.444 e. The normalized spacial score (nSPS) is 20.3. The second kappa shape index (κ2) is 7.80. The Morgan fingerprint density at radius 1 is 1.19 bits per heavy atom. The molecular weight excluding hydrogens is 366 g/mol. The van der Waals surface area contributed by atoms with Crippen molar-refractivity contribution in [2.75, 3.05) is 0 Å². The molecule has 1 aromatic carbocycles. The molecule has 2 amide bonds. The van der Waals surface area contributed by atoms with E-state index in [0.717, 1.165) is 23.7 Å². The lowest BCUT2D eigenvalue weighted by Crippen LogP contribution is -2.54. The summed E-state index contributed by atoms with van der Waals surface area (Å²) in [6.07, 6.45) is 3.99. The lowest BCUT2D eigenvalue weighted by Gasteiger charge is -2.33. The number of amides is 2. The third-order valence-corrected chi connectivity index (χ3v) is 4.67. The van der Waals surface area contributed by atoms with Gasteiger partial charge in [0.15, 0.2) is 0 Å². The fourth-order valence-corrected chi connectivity index (χ4v) is 3.40. The minimum absolute atomic E-state index is 0.162. The van der Waals surface area contributed by atoms with E-state index in [2.05, 4.69) is 22.0 Å². The maximum absolute atomic E-state index is 12.7. The predicted octanol–water partition coefficient (Wildman–Crippen LogP) is 4.20. The molecule has 3 rings (SSSR count). The molecule has 1 aliphatic rings. The van der Waals surface area contributed by atoms with Gasteiger partial charge in [-0.1, -0.05) is 11.6 Å². The van der Waals surface area contributed by atoms with Gasteiger partial charge >= 0.3 is 6.09 Å². The molecule has 1 radical (unpaired) electrons. The fraction of sp³-hybridized carbons (Fsp3) is 0.450. The third kappa shape index (κ3) is 5.16. The van der Waals surface area contributed by atoms with Crippen LogP contribution in [0.15, 0.2) is 24.3 Å². The number of carbonyl (C=O) groups is 2. The van der Waals surface area contributed by atoms with E-state index in [1.54, 1.807) is 12.1 Å². The number of benzene rings is 1. The van der Waals surface area contributed by atoms with Crippen molar-refractivity contribution in [2.24, 2.45) is 0 Å². The van der Waals surface area contributed by atoms with Crippen LogP contribution in [0.4, 0.5) is 4.79 Å². The molecule has 0 bridgehead atoms. The van der Waals surface area contributed by atoms with Crippen LogP contribution in [-0.4, -0.2) is 34.7 Å². The number of rotatable bonds is 3. The molecule has 0 saturated heterocycles. The number of carbonyl (C=O) groups excluding carboxylic acids is 2. The highest BCUT2D eigenvalue weighted by Crippen LogP contribution is 2.22. The van der Waals surface area contributed by atoms with Crippen LogP contribution < -0.4 is 10.6 Å². The Balaban J connectivity index is 1.67. The Hall–Kier alpha value is -2.21. The number of fused-ring (bicyclic) bond motifs is 1. The van der Waals surface area contributed by atoms with Gasteiger partial charge in [0.1, 0.15) is 11.3 Å². The number of aromatic amines is 1. The third-order valence-electron chi connectivity index (χ3n) is 4.43. The van der Waals surface area contributed by atoms with E-state index in [9.17, 15) is 9.59 Å². The molecule has 1 aromatic heterocycles. The molecule has 1 aliphatic carbocycles. The molecule has 2 aromatic rings. The molecule has 2 unspecified atom stereocenters. The van der Waals surface area contributed by atoms with E-state index < -0.39 is 11.7 Å². The van der Waals surface area contributed by atoms with E-state index in [4.69, 9.17) is 16.3 Å². The van der Waals surface area contributed by atoms with Crippen LogP contribution in [0, 0.1) is 6.42 Å². The second-order valence-electron chi connectivity index (χ2n) is 7.85. The number of alkyl carbamates (subject to hydrolysis) is 1. The highest BCUT2D eigenvalue weighted by atomic mass is 35.5. The molecule has 27 heavy (non-hydrogen) atoms. The Kier molecular flexibility index (Phi) is 5.65. The van der Waals surface area contributed by atoms with Gasteiger partial charge in [-0.05, 0) is 70.7 Å². The van der Waals surface area contributed by atoms with Crippen molar-refractivity contribution in [1.82, 2.24) is 15.6 Å². The first-order valence-electron chi connectivity index (χ1n) is 9.11. The Labute approximate surface area is 164 Å². The van der Waals surface area contributed by atoms with Gasteiger partial charge in [0.05, 0.1) is 6.04 Å². The molecule has 2 atom stereocenters. The Morgan fingerprint density at radius 2 is 1.96 bits per heavy atom. The average Bonchev–Trinajstić information content (AvgIpc) is 2.98. The number of hydrogen-bond donors (Lipinski definition) is 3. The lowest BCUT2D eigenvalue weighted by molar-refractivity contribution is 0.0481. The first kappa shape index (κ1) is 19.5. The number of nitrogens with one attached hydrogen (secondary N) is 3. The molecule has 0 spiro atoms. The van der Waals surface area contributed by atoms with E-state index in [1.165, 1.54) is 0 Å². The first-order valence-corrected chi connectivity index (χ1v) is 9.49. The Morgan fingerprint density at radius 3 is 2.70 bits per heavy atom. The van der Waals surface area contributed by atoms with Gasteiger partial charge in [-0.15, -0.1) is 0 Å². The summed E-state index contributed by atoms with van der Waals surface area (Å²) >= 11 is 6.01. The quantitative estimate of drug-likeness (QED) is 0.734. The van der Waals surface area contributed by atoms with Crippen molar-refractivity contribution in [3.05, 3.63) is 41.4 Å². The van der Waals surface area contributed by atoms with Crippen LogP contribution in [0.1, 0.15) is 50.5 Å². The summed E-state index contributed by atoms with van der Waals surface area (Å²) in [5.74, 6) is -0.204. The van der Waals surface area contributed by atoms with Crippen molar-refractivity contribution < 1.29 is 14.3 Å². The number of ether oxygens (including phenoxy) is 1. The fourth-order valence-electron chi connectivity index (χ4n) is 3.22. The summed E-state index contributed by atoms with van der Waals surface area (Å²) in [7, 11) is 0. The molecule has 1 saturated carbocycles. The monoisotopic (exact) mass is 390 g/mol. The second-order valence-corrected chi connectivity index (χ2v) is 8.29. The van der Waals surface area contributed by atoms with Crippen molar-refractivity contribution in [3.8, 4) is 0 Å². The number of halogens is 1. The summed E-state index contributed by atoms with van der Waals surface area (Å²) in [4.78, 5) is 27.9. The predicted molar refractivity (Wildman–Crippen MR) is 106 cm³/mol. The smallest absolute Gasteiger partial charge is 0.407 e. The highest BCUT2D eigenvalue weighted by molar-refractivity contribution is 6.31. The largest absolute Gasteiger partial charge is 0.444 e. The van der Waals surface area contributed by atoms with Gasteiger partial charge in [-0.3, -0.25) is 4.79 Å². The SMILES string of the molecule is CC(C)(C)OC(=O)NC1C[CH]CCC1NC(=O)c1cc2cc(Cl)ccc2[nH]1. The van der Waals surface area contributed by atoms with Gasteiger partial charge in [-0.2, -0.15) is 0 Å². The average molecular weight is 391 g/mol. The molecule has 1 fully saturated rings. The zero-order valence-electron chi connectivity index (χ0n) is 15.8. The zero-order valence-corrected chi connectivity index (χ0v) is 16.5. The van der Waals surface area contributed by atoms with Gasteiger partial charge in [0.2, 0.25) is 0 Å². The zero-order chi connectivity index (χ0) is 19.6. The van der Waals surface area contributed by atoms with Crippen molar-refractivity contribution in [3.63, 3.8) is 0 Å². The Bertz CT molecular complexity index is 841. The van der Waals surface area contributed by atoms with Crippen molar-refractivity contribution in [1.29, 1.82) is 0 Å². The molecule has 3 N–H and O–H groups in total. The molecular formula is C20H25ClN3O3. The van der Waals surface area contributed by atoms with Gasteiger partial charge in [-0.25, -0.2) is 4.79 Å². The van der Waals surface area contributed by atoms with E-state index in [1.807, 2.05) is 32.9 Å². The summed E-state index contributed by atoms with van der Waals surface area (Å²) in [5, 5.41) is 7.42. The number of H-pyrrole nitrogens is 1. The first-order chi connectivity index (χ1) is 12.7. The van der Waals surface area contributed by atoms with Crippen LogP contribution >= 0.6 is 11.6 Å². The lowest BCUT2D eigenvalue weighted by atomic mass is 9.90.